The molecule has 0 fully saturated rings. The number of aryl methyl sites for hydroxylation is 2. The van der Waals surface area contributed by atoms with E-state index in [0.29, 0.717) is 5.69 Å². The summed E-state index contributed by atoms with van der Waals surface area (Å²) in [7, 11) is -9.42. The normalized spacial score (nSPS) is 12.3. The van der Waals surface area contributed by atoms with Crippen molar-refractivity contribution in [3.8, 4) is 5.75 Å². The molecule has 0 spiro atoms. The Kier molecular flexibility index (Phi) is 7.54. The fourth-order valence-electron chi connectivity index (χ4n) is 2.81. The number of hydrogen-bond donors (Lipinski definition) is 3. The van der Waals surface area contributed by atoms with Crippen LogP contribution in [0.25, 0.3) is 10.8 Å². The van der Waals surface area contributed by atoms with Gasteiger partial charge in [0.25, 0.3) is 20.2 Å². The molecule has 0 unspecified atom stereocenters. The summed E-state index contributed by atoms with van der Waals surface area (Å²) in [6.07, 6.45) is 0. The van der Waals surface area contributed by atoms with Crippen molar-refractivity contribution in [2.24, 2.45) is 10.2 Å². The van der Waals surface area contributed by atoms with Gasteiger partial charge in [0.2, 0.25) is 0 Å². The average Bonchev–Trinajstić information content (AvgIpc) is 2.59. The molecule has 0 aromatic heterocycles. The van der Waals surface area contributed by atoms with Crippen LogP contribution in [0.3, 0.4) is 0 Å². The van der Waals surface area contributed by atoms with E-state index in [1.54, 1.807) is 19.1 Å². The van der Waals surface area contributed by atoms with Crippen LogP contribution >= 0.6 is 0 Å². The van der Waals surface area contributed by atoms with Gasteiger partial charge in [-0.05, 0) is 49.1 Å². The Balaban J connectivity index is 0.00000320. The van der Waals surface area contributed by atoms with Gasteiger partial charge in [0.1, 0.15) is 10.6 Å². The van der Waals surface area contributed by atoms with E-state index >= 15 is 0 Å². The fourth-order valence-corrected chi connectivity index (χ4v) is 3.94. The zero-order chi connectivity index (χ0) is 21.6. The van der Waals surface area contributed by atoms with Crippen molar-refractivity contribution in [3.63, 3.8) is 0 Å². The summed E-state index contributed by atoms with van der Waals surface area (Å²) in [6.45, 7) is 3.70. The molecule has 0 amide bonds. The molecule has 0 bridgehead atoms. The monoisotopic (exact) mass is 574 g/mol. The van der Waals surface area contributed by atoms with Gasteiger partial charge in [0, 0.05) is 54.3 Å². The van der Waals surface area contributed by atoms with Crippen molar-refractivity contribution < 1.29 is 31.0 Å². The third kappa shape index (κ3) is 5.30. The molecule has 9 nitrogen and oxygen atoms in total. The van der Waals surface area contributed by atoms with Gasteiger partial charge in [-0.1, -0.05) is 23.8 Å². The van der Waals surface area contributed by atoms with E-state index in [1.165, 1.54) is 6.07 Å². The predicted molar refractivity (Wildman–Crippen MR) is 111 cm³/mol. The van der Waals surface area contributed by atoms with Crippen LogP contribution in [0.4, 0.5) is 11.4 Å². The predicted octanol–water partition coefficient (Wildman–Crippen LogP) is 3.69. The number of phenols is 1. The summed E-state index contributed by atoms with van der Waals surface area (Å²) < 4.78 is 64.7. The van der Waals surface area contributed by atoms with E-state index in [9.17, 15) is 31.0 Å². The second kappa shape index (κ2) is 9.06. The number of phenolic OH excluding ortho intramolecular Hbond substituents is 1. The second-order valence-electron chi connectivity index (χ2n) is 6.39. The molecule has 3 N–H and O–H groups in total. The van der Waals surface area contributed by atoms with E-state index in [2.05, 4.69) is 10.2 Å². The average molecular weight is 574 g/mol. The summed E-state index contributed by atoms with van der Waals surface area (Å²) in [4.78, 5) is -1.36. The second-order valence-corrected chi connectivity index (χ2v) is 9.21. The summed E-state index contributed by atoms with van der Waals surface area (Å²) in [5.41, 5.74) is 1.98. The third-order valence-electron chi connectivity index (χ3n) is 4.21. The molecule has 12 heteroatoms. The third-order valence-corrected chi connectivity index (χ3v) is 5.92. The molecule has 0 atom stereocenters. The van der Waals surface area contributed by atoms with Crippen LogP contribution in [-0.4, -0.2) is 79.9 Å². The van der Waals surface area contributed by atoms with Crippen LogP contribution in [0.15, 0.2) is 62.5 Å². The van der Waals surface area contributed by atoms with Gasteiger partial charge in [0.15, 0.2) is 5.75 Å². The Morgan fingerprint density at radius 2 is 1.50 bits per heavy atom. The van der Waals surface area contributed by atoms with Gasteiger partial charge in [-0.15, -0.1) is 5.11 Å². The summed E-state index contributed by atoms with van der Waals surface area (Å²) in [5, 5.41) is 18.5. The van der Waals surface area contributed by atoms with Crippen LogP contribution in [0.1, 0.15) is 11.1 Å². The van der Waals surface area contributed by atoms with E-state index in [4.69, 9.17) is 0 Å². The Hall–Kier alpha value is -1.29. The van der Waals surface area contributed by atoms with Crippen molar-refractivity contribution in [1.29, 1.82) is 0 Å². The first-order valence-electron chi connectivity index (χ1n) is 8.11. The van der Waals surface area contributed by atoms with Gasteiger partial charge in [-0.25, -0.2) is 0 Å². The van der Waals surface area contributed by atoms with E-state index in [0.717, 1.165) is 29.3 Å². The summed E-state index contributed by atoms with van der Waals surface area (Å²) in [5.74, 6) is -0.840. The van der Waals surface area contributed by atoms with Crippen LogP contribution in [0, 0.1) is 13.8 Å². The Bertz CT molecular complexity index is 1390. The number of benzene rings is 3. The number of fused-ring (bicyclic) bond motifs is 1. The van der Waals surface area contributed by atoms with Gasteiger partial charge in [-0.3, -0.25) is 9.11 Å². The van der Waals surface area contributed by atoms with Crippen molar-refractivity contribution in [2.75, 3.05) is 0 Å². The molecule has 3 rings (SSSR count). The Labute approximate surface area is 213 Å². The molecular weight excluding hydrogens is 558 g/mol. The number of aromatic hydroxyl groups is 1. The molecule has 0 heterocycles. The minimum atomic E-state index is -4.86. The Morgan fingerprint density at radius 1 is 0.833 bits per heavy atom. The first kappa shape index (κ1) is 25.0. The van der Waals surface area contributed by atoms with Crippen LogP contribution in [0.5, 0.6) is 5.75 Å². The molecule has 3 aromatic carbocycles. The minimum Gasteiger partial charge on any atom is -0.504 e. The first-order chi connectivity index (χ1) is 13.4. The molecule has 154 valence electrons. The van der Waals surface area contributed by atoms with Gasteiger partial charge in [0.05, 0.1) is 10.6 Å². The van der Waals surface area contributed by atoms with Crippen LogP contribution < -0.4 is 0 Å². The number of rotatable bonds is 4. The van der Waals surface area contributed by atoms with Gasteiger partial charge >= 0.3 is 0 Å². The maximum absolute atomic E-state index is 11.7. The first-order valence-corrected chi connectivity index (χ1v) is 11.0. The standard InChI is InChI=1S/C18H16N2O7S2.Ba/c1-10-3-6-15(11(2)7-10)19-20-17-14-5-4-13(28(22,23)24)8-12(14)9-16(18(17)21)29(25,26)27;/h3-9,21H,1-2H3,(H,22,23,24)(H,25,26,27);. The molecule has 0 saturated carbocycles. The van der Waals surface area contributed by atoms with E-state index < -0.39 is 35.8 Å². The smallest absolute Gasteiger partial charge is 0.298 e. The maximum Gasteiger partial charge on any atom is 0.298 e. The topological polar surface area (TPSA) is 154 Å². The number of hydrogen-bond acceptors (Lipinski definition) is 7. The molecule has 30 heavy (non-hydrogen) atoms. The van der Waals surface area contributed by atoms with Crippen molar-refractivity contribution in [1.82, 2.24) is 0 Å². The molecule has 0 aliphatic carbocycles. The molecule has 2 radical (unpaired) electrons. The van der Waals surface area contributed by atoms with Crippen molar-refractivity contribution in [2.45, 2.75) is 23.6 Å². The summed E-state index contributed by atoms with van der Waals surface area (Å²) >= 11 is 0. The SMILES string of the molecule is Cc1ccc(N=Nc2c(O)c(S(=O)(=O)O)cc3cc(S(=O)(=O)O)ccc23)c(C)c1.[Ba]. The summed E-state index contributed by atoms with van der Waals surface area (Å²) in [6, 6.07) is 9.53. The van der Waals surface area contributed by atoms with E-state index in [-0.39, 0.29) is 65.3 Å². The largest absolute Gasteiger partial charge is 0.504 e. The number of nitrogens with zero attached hydrogens (tertiary/aromatic N) is 2. The van der Waals surface area contributed by atoms with Crippen LogP contribution in [0.2, 0.25) is 0 Å². The zero-order valence-electron chi connectivity index (χ0n) is 15.9. The number of azo groups is 1. The molecule has 0 aliphatic heterocycles. The molecule has 0 saturated heterocycles. The van der Waals surface area contributed by atoms with Gasteiger partial charge < -0.3 is 5.11 Å². The minimum absolute atomic E-state index is 0. The molecule has 0 aliphatic rings. The van der Waals surface area contributed by atoms with E-state index in [1.807, 2.05) is 13.0 Å². The van der Waals surface area contributed by atoms with Gasteiger partial charge in [-0.2, -0.15) is 21.9 Å². The fraction of sp³-hybridized carbons (Fsp3) is 0.111. The molecular formula is C18H16BaN2O7S2. The zero-order valence-corrected chi connectivity index (χ0v) is 22.0. The van der Waals surface area contributed by atoms with Crippen molar-refractivity contribution in [3.05, 3.63) is 53.6 Å². The van der Waals surface area contributed by atoms with Crippen LogP contribution in [-0.2, 0) is 20.2 Å². The molecule has 3 aromatic rings. The quantitative estimate of drug-likeness (QED) is 0.244. The maximum atomic E-state index is 11.7. The Morgan fingerprint density at radius 3 is 2.07 bits per heavy atom. The van der Waals surface area contributed by atoms with Crippen molar-refractivity contribution >= 4 is 91.3 Å².